The van der Waals surface area contributed by atoms with Crippen LogP contribution in [0.2, 0.25) is 0 Å². The highest BCUT2D eigenvalue weighted by Crippen LogP contribution is 2.29. The standard InChI is InChI=1S/C29H30N2O5S2/c1-22-11-14-27(20-28(22)38(35,36)31-19-17-25-10-6-7-18-30-25)37(33,34)26-15-12-24(13-16-26)29(2,32)21-23-8-4-3-5-9-23/h3-16,18,20,31-32H,17,19,21H2,1-2H3. The normalized spacial score (nSPS) is 13.7. The van der Waals surface area contributed by atoms with Crippen molar-refractivity contribution in [2.75, 3.05) is 6.54 Å². The molecule has 0 amide bonds. The van der Waals surface area contributed by atoms with Gasteiger partial charge in [-0.3, -0.25) is 4.98 Å². The number of hydrogen-bond acceptors (Lipinski definition) is 6. The van der Waals surface area contributed by atoms with E-state index in [0.29, 0.717) is 24.0 Å². The lowest BCUT2D eigenvalue weighted by Gasteiger charge is -2.24. The first-order valence-corrected chi connectivity index (χ1v) is 15.1. The molecule has 0 fully saturated rings. The molecule has 198 valence electrons. The zero-order valence-electron chi connectivity index (χ0n) is 21.2. The smallest absolute Gasteiger partial charge is 0.240 e. The Bertz CT molecular complexity index is 1600. The number of aryl methyl sites for hydroxylation is 1. The SMILES string of the molecule is Cc1ccc(S(=O)(=O)c2ccc(C(C)(O)Cc3ccccc3)cc2)cc1S(=O)(=O)NCCc1ccccn1. The van der Waals surface area contributed by atoms with Crippen LogP contribution in [0.5, 0.6) is 0 Å². The summed E-state index contributed by atoms with van der Waals surface area (Å²) in [5, 5.41) is 11.0. The van der Waals surface area contributed by atoms with Crippen molar-refractivity contribution in [2.45, 2.75) is 47.0 Å². The van der Waals surface area contributed by atoms with Gasteiger partial charge in [-0.1, -0.05) is 54.6 Å². The van der Waals surface area contributed by atoms with Gasteiger partial charge in [0, 0.05) is 31.3 Å². The molecule has 0 saturated heterocycles. The molecule has 0 bridgehead atoms. The van der Waals surface area contributed by atoms with Crippen LogP contribution in [0.15, 0.2) is 112 Å². The number of nitrogens with zero attached hydrogens (tertiary/aromatic N) is 1. The lowest BCUT2D eigenvalue weighted by Crippen LogP contribution is -2.27. The summed E-state index contributed by atoms with van der Waals surface area (Å²) in [4.78, 5) is 3.96. The van der Waals surface area contributed by atoms with Crippen molar-refractivity contribution in [3.63, 3.8) is 0 Å². The summed E-state index contributed by atoms with van der Waals surface area (Å²) in [6, 6.07) is 25.1. The molecule has 0 aliphatic rings. The summed E-state index contributed by atoms with van der Waals surface area (Å²) in [6.07, 6.45) is 2.41. The van der Waals surface area contributed by atoms with Crippen molar-refractivity contribution in [1.82, 2.24) is 9.71 Å². The Morgan fingerprint density at radius 1 is 0.842 bits per heavy atom. The third-order valence-corrected chi connectivity index (χ3v) is 9.71. The van der Waals surface area contributed by atoms with Crippen molar-refractivity contribution in [1.29, 1.82) is 0 Å². The average Bonchev–Trinajstić information content (AvgIpc) is 2.89. The Labute approximate surface area is 224 Å². The van der Waals surface area contributed by atoms with Gasteiger partial charge >= 0.3 is 0 Å². The molecular weight excluding hydrogens is 520 g/mol. The minimum Gasteiger partial charge on any atom is -0.385 e. The summed E-state index contributed by atoms with van der Waals surface area (Å²) < 4.78 is 55.3. The van der Waals surface area contributed by atoms with Gasteiger partial charge in [-0.05, 0) is 66.9 Å². The number of aliphatic hydroxyl groups is 1. The van der Waals surface area contributed by atoms with Gasteiger partial charge in [0.15, 0.2) is 0 Å². The predicted octanol–water partition coefficient (Wildman–Crippen LogP) is 4.19. The second-order valence-corrected chi connectivity index (χ2v) is 13.0. The number of rotatable bonds is 10. The number of sulfone groups is 1. The molecule has 9 heteroatoms. The third kappa shape index (κ3) is 6.36. The molecule has 7 nitrogen and oxygen atoms in total. The summed E-state index contributed by atoms with van der Waals surface area (Å²) in [5.74, 6) is 0. The molecule has 1 aromatic heterocycles. The van der Waals surface area contributed by atoms with Gasteiger partial charge in [-0.2, -0.15) is 0 Å². The van der Waals surface area contributed by atoms with Crippen molar-refractivity contribution in [2.24, 2.45) is 0 Å². The van der Waals surface area contributed by atoms with E-state index >= 15 is 0 Å². The van der Waals surface area contributed by atoms with Gasteiger partial charge in [0.05, 0.1) is 20.3 Å². The molecule has 1 unspecified atom stereocenters. The van der Waals surface area contributed by atoms with E-state index in [2.05, 4.69) is 9.71 Å². The average molecular weight is 551 g/mol. The van der Waals surface area contributed by atoms with Crippen LogP contribution in [-0.4, -0.2) is 33.5 Å². The van der Waals surface area contributed by atoms with Crippen LogP contribution in [-0.2, 0) is 38.3 Å². The number of nitrogens with one attached hydrogen (secondary N) is 1. The predicted molar refractivity (Wildman–Crippen MR) is 146 cm³/mol. The number of aromatic nitrogens is 1. The van der Waals surface area contributed by atoms with Crippen LogP contribution in [0.3, 0.4) is 0 Å². The Hall–Kier alpha value is -3.37. The van der Waals surface area contributed by atoms with Crippen molar-refractivity contribution in [3.05, 3.63) is 120 Å². The van der Waals surface area contributed by atoms with Crippen molar-refractivity contribution in [3.8, 4) is 0 Å². The largest absolute Gasteiger partial charge is 0.385 e. The number of hydrogen-bond donors (Lipinski definition) is 2. The summed E-state index contributed by atoms with van der Waals surface area (Å²) >= 11 is 0. The maximum absolute atomic E-state index is 13.4. The number of pyridine rings is 1. The molecule has 3 aromatic carbocycles. The molecular formula is C29H30N2O5S2. The van der Waals surface area contributed by atoms with E-state index in [1.165, 1.54) is 30.3 Å². The van der Waals surface area contributed by atoms with Crippen LogP contribution >= 0.6 is 0 Å². The maximum Gasteiger partial charge on any atom is 0.240 e. The van der Waals surface area contributed by atoms with Gasteiger partial charge in [0.2, 0.25) is 19.9 Å². The minimum atomic E-state index is -4.01. The Balaban J connectivity index is 1.54. The number of benzene rings is 3. The van der Waals surface area contributed by atoms with E-state index in [4.69, 9.17) is 0 Å². The van der Waals surface area contributed by atoms with Gasteiger partial charge in [-0.15, -0.1) is 0 Å². The third-order valence-electron chi connectivity index (χ3n) is 6.34. The summed E-state index contributed by atoms with van der Waals surface area (Å²) in [7, 11) is -7.96. The first-order valence-electron chi connectivity index (χ1n) is 12.1. The van der Waals surface area contributed by atoms with Gasteiger partial charge in [-0.25, -0.2) is 21.6 Å². The van der Waals surface area contributed by atoms with Crippen LogP contribution in [0.4, 0.5) is 0 Å². The topological polar surface area (TPSA) is 113 Å². The molecule has 0 radical (unpaired) electrons. The van der Waals surface area contributed by atoms with E-state index in [-0.39, 0.29) is 21.2 Å². The summed E-state index contributed by atoms with van der Waals surface area (Å²) in [6.45, 7) is 3.43. The Morgan fingerprint density at radius 3 is 2.16 bits per heavy atom. The number of sulfonamides is 1. The lowest BCUT2D eigenvalue weighted by atomic mass is 9.89. The fraction of sp³-hybridized carbons (Fsp3) is 0.207. The minimum absolute atomic E-state index is 0.00655. The van der Waals surface area contributed by atoms with Gasteiger partial charge in [0.1, 0.15) is 0 Å². The first-order chi connectivity index (χ1) is 18.0. The summed E-state index contributed by atoms with van der Waals surface area (Å²) in [5.41, 5.74) is 1.51. The second kappa shape index (κ2) is 11.2. The highest BCUT2D eigenvalue weighted by Gasteiger charge is 2.26. The van der Waals surface area contributed by atoms with E-state index in [1.807, 2.05) is 36.4 Å². The molecule has 0 aliphatic heterocycles. The highest BCUT2D eigenvalue weighted by molar-refractivity contribution is 7.91. The molecule has 1 atom stereocenters. The van der Waals surface area contributed by atoms with Gasteiger partial charge < -0.3 is 5.11 Å². The molecule has 4 rings (SSSR count). The Morgan fingerprint density at radius 2 is 1.50 bits per heavy atom. The van der Waals surface area contributed by atoms with E-state index in [1.54, 1.807) is 44.3 Å². The van der Waals surface area contributed by atoms with E-state index in [9.17, 15) is 21.9 Å². The molecule has 0 aliphatic carbocycles. The molecule has 38 heavy (non-hydrogen) atoms. The zero-order valence-corrected chi connectivity index (χ0v) is 22.8. The van der Waals surface area contributed by atoms with E-state index < -0.39 is 25.5 Å². The quantitative estimate of drug-likeness (QED) is 0.306. The van der Waals surface area contributed by atoms with Crippen LogP contribution in [0.25, 0.3) is 0 Å². The fourth-order valence-corrected chi connectivity index (χ4v) is 6.86. The van der Waals surface area contributed by atoms with Crippen LogP contribution < -0.4 is 4.72 Å². The zero-order chi connectivity index (χ0) is 27.4. The van der Waals surface area contributed by atoms with Crippen molar-refractivity contribution < 1.29 is 21.9 Å². The van der Waals surface area contributed by atoms with E-state index in [0.717, 1.165) is 11.3 Å². The Kier molecular flexibility index (Phi) is 8.13. The first kappa shape index (κ1) is 27.7. The fourth-order valence-electron chi connectivity index (χ4n) is 4.20. The lowest BCUT2D eigenvalue weighted by molar-refractivity contribution is 0.0575. The van der Waals surface area contributed by atoms with Crippen molar-refractivity contribution >= 4 is 19.9 Å². The highest BCUT2D eigenvalue weighted by atomic mass is 32.2. The molecule has 0 spiro atoms. The monoisotopic (exact) mass is 550 g/mol. The molecule has 4 aromatic rings. The van der Waals surface area contributed by atoms with Crippen LogP contribution in [0, 0.1) is 6.92 Å². The van der Waals surface area contributed by atoms with Crippen LogP contribution in [0.1, 0.15) is 29.3 Å². The molecule has 2 N–H and O–H groups in total. The molecule has 0 saturated carbocycles. The maximum atomic E-state index is 13.4. The second-order valence-electron chi connectivity index (χ2n) is 9.36. The molecule has 1 heterocycles. The van der Waals surface area contributed by atoms with Gasteiger partial charge in [0.25, 0.3) is 0 Å².